The van der Waals surface area contributed by atoms with Gasteiger partial charge in [0.15, 0.2) is 0 Å². The fraction of sp³-hybridized carbons (Fsp3) is 0.538. The zero-order valence-corrected chi connectivity index (χ0v) is 10.9. The minimum Gasteiger partial charge on any atom is -0.491 e. The van der Waals surface area contributed by atoms with Gasteiger partial charge in [-0.25, -0.2) is 4.39 Å². The molecule has 3 nitrogen and oxygen atoms in total. The Balaban J connectivity index is 1.75. The lowest BCUT2D eigenvalue weighted by Crippen LogP contribution is -2.38. The molecule has 1 saturated heterocycles. The monoisotopic (exact) mass is 273 g/mol. The first kappa shape index (κ1) is 13.6. The van der Waals surface area contributed by atoms with Gasteiger partial charge in [-0.1, -0.05) is 11.6 Å². The van der Waals surface area contributed by atoms with E-state index in [0.29, 0.717) is 17.4 Å². The number of hydrogen-bond donors (Lipinski definition) is 1. The van der Waals surface area contributed by atoms with Crippen LogP contribution in [0.15, 0.2) is 18.2 Å². The molecule has 100 valence electrons. The molecule has 0 unspecified atom stereocenters. The van der Waals surface area contributed by atoms with Crippen LogP contribution < -0.4 is 4.74 Å². The number of aliphatic hydroxyl groups excluding tert-OH is 1. The van der Waals surface area contributed by atoms with Crippen molar-refractivity contribution >= 4 is 11.6 Å². The van der Waals surface area contributed by atoms with Crippen molar-refractivity contribution in [2.45, 2.75) is 18.9 Å². The normalized spacial score (nSPS) is 17.9. The molecule has 0 aromatic heterocycles. The van der Waals surface area contributed by atoms with Crippen LogP contribution in [0.1, 0.15) is 12.8 Å². The molecule has 1 fully saturated rings. The van der Waals surface area contributed by atoms with Gasteiger partial charge >= 0.3 is 0 Å². The first-order valence-electron chi connectivity index (χ1n) is 6.13. The smallest absolute Gasteiger partial charge is 0.138 e. The summed E-state index contributed by atoms with van der Waals surface area (Å²) in [6, 6.07) is 4.12. The second-order valence-electron chi connectivity index (χ2n) is 4.50. The van der Waals surface area contributed by atoms with E-state index in [4.69, 9.17) is 16.3 Å². The highest BCUT2D eigenvalue weighted by Gasteiger charge is 2.16. The molecule has 1 aliphatic rings. The molecule has 0 saturated carbocycles. The van der Waals surface area contributed by atoms with Gasteiger partial charge < -0.3 is 9.84 Å². The minimum absolute atomic E-state index is 0.159. The molecule has 1 aromatic carbocycles. The van der Waals surface area contributed by atoms with E-state index in [1.807, 2.05) is 0 Å². The average molecular weight is 274 g/mol. The summed E-state index contributed by atoms with van der Waals surface area (Å²) in [6.45, 7) is 3.09. The summed E-state index contributed by atoms with van der Waals surface area (Å²) >= 11 is 5.86. The van der Waals surface area contributed by atoms with Gasteiger partial charge in [0.1, 0.15) is 18.2 Å². The number of aliphatic hydroxyl groups is 1. The Morgan fingerprint density at radius 2 is 2.11 bits per heavy atom. The van der Waals surface area contributed by atoms with Crippen molar-refractivity contribution in [3.63, 3.8) is 0 Å². The predicted octanol–water partition coefficient (Wildman–Crippen LogP) is 2.31. The number of rotatable bonds is 4. The highest BCUT2D eigenvalue weighted by molar-refractivity contribution is 6.32. The maximum absolute atomic E-state index is 12.8. The van der Waals surface area contributed by atoms with Gasteiger partial charge in [0, 0.05) is 19.6 Å². The Morgan fingerprint density at radius 1 is 1.39 bits per heavy atom. The van der Waals surface area contributed by atoms with Crippen molar-refractivity contribution in [1.29, 1.82) is 0 Å². The van der Waals surface area contributed by atoms with Gasteiger partial charge in [-0.3, -0.25) is 4.90 Å². The Morgan fingerprint density at radius 3 is 2.78 bits per heavy atom. The molecule has 0 radical (unpaired) electrons. The molecule has 1 aliphatic heterocycles. The van der Waals surface area contributed by atoms with Crippen LogP contribution in [-0.2, 0) is 0 Å². The first-order valence-corrected chi connectivity index (χ1v) is 6.51. The summed E-state index contributed by atoms with van der Waals surface area (Å²) < 4.78 is 18.3. The molecular formula is C13H17ClFNO2. The minimum atomic E-state index is -0.364. The average Bonchev–Trinajstić information content (AvgIpc) is 2.34. The molecule has 1 heterocycles. The van der Waals surface area contributed by atoms with E-state index in [1.54, 1.807) is 0 Å². The molecule has 0 amide bonds. The molecule has 0 aliphatic carbocycles. The number of benzene rings is 1. The van der Waals surface area contributed by atoms with Gasteiger partial charge in [0.2, 0.25) is 0 Å². The van der Waals surface area contributed by atoms with Gasteiger partial charge in [0.25, 0.3) is 0 Å². The topological polar surface area (TPSA) is 32.7 Å². The van der Waals surface area contributed by atoms with E-state index in [-0.39, 0.29) is 11.9 Å². The number of likely N-dealkylation sites (tertiary alicyclic amines) is 1. The van der Waals surface area contributed by atoms with Crippen molar-refractivity contribution in [3.8, 4) is 5.75 Å². The quantitative estimate of drug-likeness (QED) is 0.914. The summed E-state index contributed by atoms with van der Waals surface area (Å²) in [5, 5.41) is 9.68. The van der Waals surface area contributed by atoms with Crippen LogP contribution in [0.4, 0.5) is 4.39 Å². The lowest BCUT2D eigenvalue weighted by Gasteiger charge is -2.29. The number of hydrogen-bond acceptors (Lipinski definition) is 3. The summed E-state index contributed by atoms with van der Waals surface area (Å²) in [6.07, 6.45) is 1.47. The molecule has 0 atom stereocenters. The SMILES string of the molecule is OC1CCN(CCOc2ccc(F)cc2Cl)CC1. The second-order valence-corrected chi connectivity index (χ2v) is 4.90. The largest absolute Gasteiger partial charge is 0.491 e. The molecule has 5 heteroatoms. The van der Waals surface area contributed by atoms with Crippen molar-refractivity contribution < 1.29 is 14.2 Å². The third kappa shape index (κ3) is 3.83. The Hall–Kier alpha value is -0.840. The van der Waals surface area contributed by atoms with E-state index in [9.17, 15) is 9.50 Å². The fourth-order valence-corrected chi connectivity index (χ4v) is 2.24. The van der Waals surface area contributed by atoms with Crippen molar-refractivity contribution in [1.82, 2.24) is 4.90 Å². The predicted molar refractivity (Wildman–Crippen MR) is 68.6 cm³/mol. The fourth-order valence-electron chi connectivity index (χ4n) is 2.02. The summed E-state index contributed by atoms with van der Waals surface area (Å²) in [4.78, 5) is 2.24. The van der Waals surface area contributed by atoms with E-state index < -0.39 is 0 Å². The van der Waals surface area contributed by atoms with Crippen LogP contribution >= 0.6 is 11.6 Å². The lowest BCUT2D eigenvalue weighted by atomic mass is 10.1. The van der Waals surface area contributed by atoms with E-state index >= 15 is 0 Å². The van der Waals surface area contributed by atoms with Crippen LogP contribution in [0.3, 0.4) is 0 Å². The summed E-state index contributed by atoms with van der Waals surface area (Å²) in [5.41, 5.74) is 0. The maximum atomic E-state index is 12.8. The Bertz CT molecular complexity index is 395. The van der Waals surface area contributed by atoms with Crippen LogP contribution in [0.2, 0.25) is 5.02 Å². The molecule has 18 heavy (non-hydrogen) atoms. The van der Waals surface area contributed by atoms with Gasteiger partial charge in [-0.15, -0.1) is 0 Å². The first-order chi connectivity index (χ1) is 8.65. The Labute approximate surface area is 111 Å². The van der Waals surface area contributed by atoms with Crippen molar-refractivity contribution in [3.05, 3.63) is 29.0 Å². The summed E-state index contributed by atoms with van der Waals surface area (Å²) in [5.74, 6) is 0.146. The highest BCUT2D eigenvalue weighted by Crippen LogP contribution is 2.24. The Kier molecular flexibility index (Phi) is 4.80. The van der Waals surface area contributed by atoms with Crippen LogP contribution in [-0.4, -0.2) is 42.4 Å². The van der Waals surface area contributed by atoms with Crippen LogP contribution in [0.5, 0.6) is 5.75 Å². The molecule has 1 aromatic rings. The standard InChI is InChI=1S/C13H17ClFNO2/c14-12-9-10(15)1-2-13(12)18-8-7-16-5-3-11(17)4-6-16/h1-2,9,11,17H,3-8H2. The summed E-state index contributed by atoms with van der Waals surface area (Å²) in [7, 11) is 0. The highest BCUT2D eigenvalue weighted by atomic mass is 35.5. The van der Waals surface area contributed by atoms with Crippen molar-refractivity contribution in [2.75, 3.05) is 26.2 Å². The number of piperidine rings is 1. The van der Waals surface area contributed by atoms with Crippen molar-refractivity contribution in [2.24, 2.45) is 0 Å². The van der Waals surface area contributed by atoms with Gasteiger partial charge in [-0.2, -0.15) is 0 Å². The van der Waals surface area contributed by atoms with Gasteiger partial charge in [0.05, 0.1) is 11.1 Å². The van der Waals surface area contributed by atoms with E-state index in [1.165, 1.54) is 18.2 Å². The lowest BCUT2D eigenvalue weighted by molar-refractivity contribution is 0.0755. The van der Waals surface area contributed by atoms with E-state index in [2.05, 4.69) is 4.90 Å². The number of ether oxygens (including phenoxy) is 1. The third-order valence-electron chi connectivity index (χ3n) is 3.12. The molecule has 0 spiro atoms. The second kappa shape index (κ2) is 6.36. The van der Waals surface area contributed by atoms with Gasteiger partial charge in [-0.05, 0) is 31.0 Å². The number of halogens is 2. The molecule has 0 bridgehead atoms. The molecule has 1 N–H and O–H groups in total. The zero-order chi connectivity index (χ0) is 13.0. The molecule has 2 rings (SSSR count). The van der Waals surface area contributed by atoms with E-state index in [0.717, 1.165) is 32.5 Å². The van der Waals surface area contributed by atoms with Crippen LogP contribution in [0.25, 0.3) is 0 Å². The third-order valence-corrected chi connectivity index (χ3v) is 3.41. The molecular weight excluding hydrogens is 257 g/mol. The van der Waals surface area contributed by atoms with Crippen LogP contribution in [0, 0.1) is 5.82 Å². The zero-order valence-electron chi connectivity index (χ0n) is 10.1. The number of nitrogens with zero attached hydrogens (tertiary/aromatic N) is 1. The maximum Gasteiger partial charge on any atom is 0.138 e.